The SMILES string of the molecule is CCC(=O)NC1CCC(n2nncc2-c2ccc(-c3ccc(C#N)c(F)c3)cc2)C1. The van der Waals surface area contributed by atoms with Crippen LogP contribution in [-0.2, 0) is 4.79 Å². The van der Waals surface area contributed by atoms with Gasteiger partial charge in [0.05, 0.1) is 23.5 Å². The summed E-state index contributed by atoms with van der Waals surface area (Å²) in [5, 5.41) is 20.3. The van der Waals surface area contributed by atoms with Crippen LogP contribution < -0.4 is 5.32 Å². The van der Waals surface area contributed by atoms with Crippen molar-refractivity contribution in [1.82, 2.24) is 20.3 Å². The number of nitrogens with one attached hydrogen (secondary N) is 1. The third-order valence-electron chi connectivity index (χ3n) is 5.62. The summed E-state index contributed by atoms with van der Waals surface area (Å²) in [4.78, 5) is 11.7. The molecule has 1 fully saturated rings. The van der Waals surface area contributed by atoms with Crippen LogP contribution in [0.1, 0.15) is 44.2 Å². The van der Waals surface area contributed by atoms with Crippen molar-refractivity contribution < 1.29 is 9.18 Å². The topological polar surface area (TPSA) is 83.6 Å². The van der Waals surface area contributed by atoms with Crippen LogP contribution in [0, 0.1) is 17.1 Å². The highest BCUT2D eigenvalue weighted by molar-refractivity contribution is 5.75. The molecular weight excluding hydrogens is 381 g/mol. The predicted octanol–water partition coefficient (Wildman–Crippen LogP) is 4.24. The third-order valence-corrected chi connectivity index (χ3v) is 5.62. The Morgan fingerprint density at radius 1 is 1.20 bits per heavy atom. The first kappa shape index (κ1) is 19.8. The lowest BCUT2D eigenvalue weighted by atomic mass is 10.0. The smallest absolute Gasteiger partial charge is 0.219 e. The number of nitriles is 1. The number of carbonyl (C=O) groups is 1. The summed E-state index contributed by atoms with van der Waals surface area (Å²) in [6.45, 7) is 1.85. The number of nitrogens with zero attached hydrogens (tertiary/aromatic N) is 4. The van der Waals surface area contributed by atoms with E-state index < -0.39 is 5.82 Å². The quantitative estimate of drug-likeness (QED) is 0.691. The van der Waals surface area contributed by atoms with Crippen LogP contribution in [0.4, 0.5) is 4.39 Å². The summed E-state index contributed by atoms with van der Waals surface area (Å²) >= 11 is 0. The number of aromatic nitrogens is 3. The molecule has 2 unspecified atom stereocenters. The van der Waals surface area contributed by atoms with Gasteiger partial charge in [0.1, 0.15) is 11.9 Å². The molecular formula is C23H22FN5O. The average molecular weight is 403 g/mol. The first-order chi connectivity index (χ1) is 14.6. The molecule has 1 N–H and O–H groups in total. The fourth-order valence-electron chi connectivity index (χ4n) is 3.98. The third kappa shape index (κ3) is 3.94. The molecule has 6 nitrogen and oxygen atoms in total. The standard InChI is InChI=1S/C23H22FN5O/c1-2-23(30)27-19-9-10-20(12-19)29-22(14-26-28-29)16-5-3-15(4-6-16)17-7-8-18(13-25)21(24)11-17/h3-8,11,14,19-20H,2,9-10,12H2,1H3,(H,27,30). The Hall–Kier alpha value is -3.53. The number of hydrogen-bond acceptors (Lipinski definition) is 4. The molecule has 2 atom stereocenters. The van der Waals surface area contributed by atoms with Crippen molar-refractivity contribution in [2.75, 3.05) is 0 Å². The lowest BCUT2D eigenvalue weighted by Crippen LogP contribution is -2.32. The molecule has 0 aliphatic heterocycles. The van der Waals surface area contributed by atoms with E-state index in [1.165, 1.54) is 12.1 Å². The Balaban J connectivity index is 1.53. The summed E-state index contributed by atoms with van der Waals surface area (Å²) in [5.41, 5.74) is 3.51. The molecule has 2 aromatic carbocycles. The number of benzene rings is 2. The second-order valence-electron chi connectivity index (χ2n) is 7.53. The van der Waals surface area contributed by atoms with Crippen LogP contribution in [0.5, 0.6) is 0 Å². The molecule has 1 heterocycles. The summed E-state index contributed by atoms with van der Waals surface area (Å²) < 4.78 is 15.9. The van der Waals surface area contributed by atoms with E-state index >= 15 is 0 Å². The normalized spacial score (nSPS) is 18.2. The predicted molar refractivity (Wildman–Crippen MR) is 111 cm³/mol. The monoisotopic (exact) mass is 403 g/mol. The number of hydrogen-bond donors (Lipinski definition) is 1. The lowest BCUT2D eigenvalue weighted by Gasteiger charge is -2.15. The Morgan fingerprint density at radius 2 is 1.93 bits per heavy atom. The van der Waals surface area contributed by atoms with Crippen LogP contribution in [0.2, 0.25) is 0 Å². The lowest BCUT2D eigenvalue weighted by molar-refractivity contribution is -0.121. The van der Waals surface area contributed by atoms with Gasteiger partial charge >= 0.3 is 0 Å². The zero-order chi connectivity index (χ0) is 21.1. The van der Waals surface area contributed by atoms with E-state index in [-0.39, 0.29) is 23.6 Å². The molecule has 3 aromatic rings. The molecule has 7 heteroatoms. The Labute approximate surface area is 174 Å². The van der Waals surface area contributed by atoms with Gasteiger partial charge < -0.3 is 5.32 Å². The minimum Gasteiger partial charge on any atom is -0.353 e. The van der Waals surface area contributed by atoms with E-state index in [2.05, 4.69) is 15.6 Å². The molecule has 4 rings (SSSR count). The maximum atomic E-state index is 13.9. The van der Waals surface area contributed by atoms with Gasteiger partial charge in [0.15, 0.2) is 0 Å². The summed E-state index contributed by atoms with van der Waals surface area (Å²) in [6.07, 6.45) is 4.94. The van der Waals surface area contributed by atoms with Crippen molar-refractivity contribution >= 4 is 5.91 Å². The van der Waals surface area contributed by atoms with E-state index in [9.17, 15) is 9.18 Å². The number of amides is 1. The van der Waals surface area contributed by atoms with Gasteiger partial charge in [-0.25, -0.2) is 9.07 Å². The first-order valence-corrected chi connectivity index (χ1v) is 10.1. The van der Waals surface area contributed by atoms with Crippen molar-refractivity contribution in [2.24, 2.45) is 0 Å². The van der Waals surface area contributed by atoms with Crippen LogP contribution in [0.15, 0.2) is 48.7 Å². The molecule has 1 aromatic heterocycles. The van der Waals surface area contributed by atoms with Crippen molar-refractivity contribution in [1.29, 1.82) is 5.26 Å². The van der Waals surface area contributed by atoms with Crippen molar-refractivity contribution in [3.63, 3.8) is 0 Å². The average Bonchev–Trinajstić information content (AvgIpc) is 3.43. The van der Waals surface area contributed by atoms with Crippen LogP contribution in [-0.4, -0.2) is 26.9 Å². The number of carbonyl (C=O) groups excluding carboxylic acids is 1. The van der Waals surface area contributed by atoms with Gasteiger partial charge in [-0.1, -0.05) is 42.5 Å². The fourth-order valence-corrected chi connectivity index (χ4v) is 3.98. The van der Waals surface area contributed by atoms with Crippen molar-refractivity contribution in [2.45, 2.75) is 44.7 Å². The van der Waals surface area contributed by atoms with Crippen LogP contribution in [0.25, 0.3) is 22.4 Å². The highest BCUT2D eigenvalue weighted by Gasteiger charge is 2.29. The van der Waals surface area contributed by atoms with Gasteiger partial charge in [-0.2, -0.15) is 5.26 Å². The Kier molecular flexibility index (Phi) is 5.57. The summed E-state index contributed by atoms with van der Waals surface area (Å²) in [5.74, 6) is -0.443. The van der Waals surface area contributed by atoms with Crippen molar-refractivity contribution in [3.05, 3.63) is 60.0 Å². The molecule has 1 saturated carbocycles. The van der Waals surface area contributed by atoms with E-state index in [1.54, 1.807) is 12.3 Å². The molecule has 0 bridgehead atoms. The Morgan fingerprint density at radius 3 is 2.63 bits per heavy atom. The maximum Gasteiger partial charge on any atom is 0.219 e. The van der Waals surface area contributed by atoms with E-state index in [1.807, 2.05) is 41.9 Å². The fraction of sp³-hybridized carbons (Fsp3) is 0.304. The highest BCUT2D eigenvalue weighted by Crippen LogP contribution is 2.33. The number of rotatable bonds is 5. The molecule has 0 radical (unpaired) electrons. The Bertz CT molecular complexity index is 1100. The van der Waals surface area contributed by atoms with E-state index in [0.717, 1.165) is 41.6 Å². The molecule has 0 saturated heterocycles. The largest absolute Gasteiger partial charge is 0.353 e. The van der Waals surface area contributed by atoms with Crippen molar-refractivity contribution in [3.8, 4) is 28.5 Å². The summed E-state index contributed by atoms with van der Waals surface area (Å²) in [6, 6.07) is 14.6. The van der Waals surface area contributed by atoms with Gasteiger partial charge in [-0.3, -0.25) is 4.79 Å². The highest BCUT2D eigenvalue weighted by atomic mass is 19.1. The number of halogens is 1. The molecule has 0 spiro atoms. The second-order valence-corrected chi connectivity index (χ2v) is 7.53. The molecule has 30 heavy (non-hydrogen) atoms. The zero-order valence-corrected chi connectivity index (χ0v) is 16.7. The van der Waals surface area contributed by atoms with E-state index in [4.69, 9.17) is 5.26 Å². The molecule has 152 valence electrons. The van der Waals surface area contributed by atoms with Gasteiger partial charge in [0.25, 0.3) is 0 Å². The minimum absolute atomic E-state index is 0.0374. The molecule has 1 aliphatic rings. The maximum absolute atomic E-state index is 13.9. The first-order valence-electron chi connectivity index (χ1n) is 10.1. The van der Waals surface area contributed by atoms with Gasteiger partial charge in [-0.05, 0) is 42.5 Å². The van der Waals surface area contributed by atoms with Gasteiger partial charge in [0, 0.05) is 18.0 Å². The van der Waals surface area contributed by atoms with Crippen LogP contribution in [0.3, 0.4) is 0 Å². The second kappa shape index (κ2) is 8.46. The zero-order valence-electron chi connectivity index (χ0n) is 16.7. The summed E-state index contributed by atoms with van der Waals surface area (Å²) in [7, 11) is 0. The van der Waals surface area contributed by atoms with Gasteiger partial charge in [0.2, 0.25) is 5.91 Å². The van der Waals surface area contributed by atoms with Gasteiger partial charge in [-0.15, -0.1) is 5.10 Å². The minimum atomic E-state index is -0.521. The molecule has 1 amide bonds. The molecule has 1 aliphatic carbocycles. The van der Waals surface area contributed by atoms with E-state index in [0.29, 0.717) is 6.42 Å². The van der Waals surface area contributed by atoms with Crippen LogP contribution >= 0.6 is 0 Å².